The molecule has 0 aliphatic heterocycles. The Morgan fingerprint density at radius 1 is 1.53 bits per heavy atom. The van der Waals surface area contributed by atoms with Crippen LogP contribution >= 0.6 is 23.1 Å². The first-order valence-electron chi connectivity index (χ1n) is 4.98. The van der Waals surface area contributed by atoms with Crippen LogP contribution in [-0.2, 0) is 6.42 Å². The predicted octanol–water partition coefficient (Wildman–Crippen LogP) is 2.92. The quantitative estimate of drug-likeness (QED) is 0.934. The van der Waals surface area contributed by atoms with E-state index in [1.165, 1.54) is 18.2 Å². The van der Waals surface area contributed by atoms with E-state index in [0.29, 0.717) is 21.2 Å². The highest BCUT2D eigenvalue weighted by molar-refractivity contribution is 7.05. The molecule has 1 atom stereocenters. The molecule has 0 spiro atoms. The summed E-state index contributed by atoms with van der Waals surface area (Å²) in [5.74, 6) is -0.365. The molecule has 17 heavy (non-hydrogen) atoms. The first-order valence-corrected chi connectivity index (χ1v) is 6.14. The maximum absolute atomic E-state index is 13.1. The molecule has 1 aromatic heterocycles. The summed E-state index contributed by atoms with van der Waals surface area (Å²) in [5.41, 5.74) is 1.27. The minimum Gasteiger partial charge on any atom is -0.387 e. The summed E-state index contributed by atoms with van der Waals surface area (Å²) in [6.07, 6.45) is -0.504. The lowest BCUT2D eigenvalue weighted by Crippen LogP contribution is -2.02. The first-order chi connectivity index (χ1) is 8.08. The molecule has 1 aromatic carbocycles. The van der Waals surface area contributed by atoms with Gasteiger partial charge < -0.3 is 5.11 Å². The van der Waals surface area contributed by atoms with Crippen LogP contribution in [0.1, 0.15) is 22.2 Å². The predicted molar refractivity (Wildman–Crippen MR) is 64.7 cm³/mol. The molecule has 0 saturated carbocycles. The molecule has 1 N–H and O–H groups in total. The summed E-state index contributed by atoms with van der Waals surface area (Å²) in [4.78, 5) is 0.685. The highest BCUT2D eigenvalue weighted by atomic mass is 35.5. The molecular formula is C11H10ClFN2OS. The Hall–Kier alpha value is -1.04. The molecule has 2 aromatic rings. The van der Waals surface area contributed by atoms with Crippen molar-refractivity contribution in [3.05, 3.63) is 45.2 Å². The van der Waals surface area contributed by atoms with Crippen LogP contribution in [-0.4, -0.2) is 14.7 Å². The van der Waals surface area contributed by atoms with Crippen LogP contribution in [0.3, 0.4) is 0 Å². The number of aliphatic hydroxyl groups excluding tert-OH is 1. The van der Waals surface area contributed by atoms with Crippen molar-refractivity contribution in [2.24, 2.45) is 0 Å². The van der Waals surface area contributed by atoms with E-state index in [4.69, 9.17) is 11.6 Å². The monoisotopic (exact) mass is 272 g/mol. The van der Waals surface area contributed by atoms with Gasteiger partial charge in [-0.25, -0.2) is 4.39 Å². The molecule has 0 aliphatic rings. The average molecular weight is 273 g/mol. The van der Waals surface area contributed by atoms with Gasteiger partial charge in [0.2, 0.25) is 0 Å². The van der Waals surface area contributed by atoms with Gasteiger partial charge in [0.1, 0.15) is 5.82 Å². The van der Waals surface area contributed by atoms with E-state index in [-0.39, 0.29) is 12.2 Å². The van der Waals surface area contributed by atoms with Crippen molar-refractivity contribution in [3.8, 4) is 0 Å². The van der Waals surface area contributed by atoms with Gasteiger partial charge in [0.15, 0.2) is 0 Å². The normalized spacial score (nSPS) is 12.7. The second-order valence-electron chi connectivity index (χ2n) is 3.68. The van der Waals surface area contributed by atoms with E-state index < -0.39 is 6.10 Å². The zero-order chi connectivity index (χ0) is 12.4. The minimum atomic E-state index is -0.755. The number of hydrogen-bond acceptors (Lipinski definition) is 4. The van der Waals surface area contributed by atoms with Crippen LogP contribution in [0.15, 0.2) is 18.2 Å². The van der Waals surface area contributed by atoms with Gasteiger partial charge in [0.05, 0.1) is 16.7 Å². The second-order valence-corrected chi connectivity index (χ2v) is 4.87. The van der Waals surface area contributed by atoms with E-state index in [1.54, 1.807) is 6.92 Å². The highest BCUT2D eigenvalue weighted by Gasteiger charge is 2.16. The molecule has 0 saturated heterocycles. The summed E-state index contributed by atoms with van der Waals surface area (Å²) < 4.78 is 16.8. The Balaban J connectivity index is 2.21. The third-order valence-corrected chi connectivity index (χ3v) is 3.71. The van der Waals surface area contributed by atoms with Gasteiger partial charge in [-0.1, -0.05) is 16.1 Å². The Morgan fingerprint density at radius 3 is 2.94 bits per heavy atom. The van der Waals surface area contributed by atoms with Crippen LogP contribution in [0, 0.1) is 12.7 Å². The molecule has 0 amide bonds. The number of rotatable bonds is 3. The molecule has 3 nitrogen and oxygen atoms in total. The Kier molecular flexibility index (Phi) is 3.71. The number of benzene rings is 1. The van der Waals surface area contributed by atoms with Gasteiger partial charge in [-0.3, -0.25) is 0 Å². The van der Waals surface area contributed by atoms with Crippen molar-refractivity contribution in [1.82, 2.24) is 9.59 Å². The van der Waals surface area contributed by atoms with Gasteiger partial charge in [0.25, 0.3) is 0 Å². The molecule has 1 heterocycles. The number of halogens is 2. The van der Waals surface area contributed by atoms with Gasteiger partial charge in [-0.2, -0.15) is 0 Å². The molecule has 0 aliphatic carbocycles. The van der Waals surface area contributed by atoms with Gasteiger partial charge >= 0.3 is 0 Å². The fourth-order valence-electron chi connectivity index (χ4n) is 1.54. The lowest BCUT2D eigenvalue weighted by atomic mass is 10.1. The van der Waals surface area contributed by atoms with Crippen molar-refractivity contribution in [1.29, 1.82) is 0 Å². The van der Waals surface area contributed by atoms with Crippen LogP contribution in [0.25, 0.3) is 0 Å². The van der Waals surface area contributed by atoms with Crippen molar-refractivity contribution >= 4 is 23.1 Å². The number of aromatic nitrogens is 2. The van der Waals surface area contributed by atoms with E-state index in [2.05, 4.69) is 9.59 Å². The van der Waals surface area contributed by atoms with Crippen molar-refractivity contribution < 1.29 is 9.50 Å². The number of nitrogens with zero attached hydrogens (tertiary/aromatic N) is 2. The van der Waals surface area contributed by atoms with Crippen molar-refractivity contribution in [2.45, 2.75) is 19.4 Å². The number of aliphatic hydroxyl groups is 1. The van der Waals surface area contributed by atoms with Crippen LogP contribution in [0.5, 0.6) is 0 Å². The average Bonchev–Trinajstić information content (AvgIpc) is 2.70. The Labute approximate surface area is 107 Å². The van der Waals surface area contributed by atoms with Gasteiger partial charge in [-0.05, 0) is 42.2 Å². The molecule has 0 radical (unpaired) electrons. The lowest BCUT2D eigenvalue weighted by Gasteiger charge is -2.10. The van der Waals surface area contributed by atoms with Crippen LogP contribution < -0.4 is 0 Å². The number of hydrogen-bond donors (Lipinski definition) is 1. The Morgan fingerprint density at radius 2 is 2.29 bits per heavy atom. The summed E-state index contributed by atoms with van der Waals surface area (Å²) in [6, 6.07) is 4.10. The van der Waals surface area contributed by atoms with E-state index >= 15 is 0 Å². The summed E-state index contributed by atoms with van der Waals surface area (Å²) in [5, 5.41) is 14.3. The van der Waals surface area contributed by atoms with Crippen molar-refractivity contribution in [2.75, 3.05) is 0 Å². The van der Waals surface area contributed by atoms with Crippen LogP contribution in [0.4, 0.5) is 4.39 Å². The summed E-state index contributed by atoms with van der Waals surface area (Å²) in [6.45, 7) is 1.77. The Bertz CT molecular complexity index is 532. The summed E-state index contributed by atoms with van der Waals surface area (Å²) in [7, 11) is 0. The smallest absolute Gasteiger partial charge is 0.123 e. The van der Waals surface area contributed by atoms with E-state index in [0.717, 1.165) is 11.5 Å². The lowest BCUT2D eigenvalue weighted by molar-refractivity contribution is 0.181. The third kappa shape index (κ3) is 2.80. The zero-order valence-corrected chi connectivity index (χ0v) is 10.6. The second kappa shape index (κ2) is 5.08. The highest BCUT2D eigenvalue weighted by Crippen LogP contribution is 2.27. The molecule has 1 unspecified atom stereocenters. The first kappa shape index (κ1) is 12.4. The topological polar surface area (TPSA) is 46.0 Å². The fourth-order valence-corrected chi connectivity index (χ4v) is 2.37. The maximum atomic E-state index is 13.1. The van der Waals surface area contributed by atoms with E-state index in [9.17, 15) is 9.50 Å². The summed E-state index contributed by atoms with van der Waals surface area (Å²) >= 11 is 7.07. The molecule has 2 rings (SSSR count). The fraction of sp³-hybridized carbons (Fsp3) is 0.273. The van der Waals surface area contributed by atoms with Gasteiger partial charge in [-0.15, -0.1) is 5.10 Å². The van der Waals surface area contributed by atoms with E-state index in [1.807, 2.05) is 0 Å². The minimum absolute atomic E-state index is 0.251. The molecule has 0 fully saturated rings. The molecular weight excluding hydrogens is 263 g/mol. The van der Waals surface area contributed by atoms with Crippen molar-refractivity contribution in [3.63, 3.8) is 0 Å². The van der Waals surface area contributed by atoms with Crippen LogP contribution in [0.2, 0.25) is 5.02 Å². The SMILES string of the molecule is Cc1nnsc1C(O)Cc1cc(F)ccc1Cl. The third-order valence-electron chi connectivity index (χ3n) is 2.41. The molecule has 90 valence electrons. The molecule has 0 bridgehead atoms. The largest absolute Gasteiger partial charge is 0.387 e. The number of aryl methyl sites for hydroxylation is 1. The zero-order valence-electron chi connectivity index (χ0n) is 9.02. The molecule has 6 heteroatoms. The van der Waals surface area contributed by atoms with Gasteiger partial charge in [0, 0.05) is 11.4 Å². The maximum Gasteiger partial charge on any atom is 0.123 e. The standard InChI is InChI=1S/C11H10ClFN2OS/c1-6-11(17-15-14-6)10(16)5-7-4-8(13)2-3-9(7)12/h2-4,10,16H,5H2,1H3.